The minimum atomic E-state index is -0.251. The molecule has 0 saturated carbocycles. The van der Waals surface area contributed by atoms with Crippen LogP contribution >= 0.6 is 11.8 Å². The number of imidazole rings is 1. The molecule has 0 fully saturated rings. The normalized spacial score (nSPS) is 12.5. The van der Waals surface area contributed by atoms with Gasteiger partial charge >= 0.3 is 6.03 Å². The van der Waals surface area contributed by atoms with Crippen LogP contribution < -0.4 is 15.4 Å². The summed E-state index contributed by atoms with van der Waals surface area (Å²) in [6, 6.07) is 15.1. The fraction of sp³-hybridized carbons (Fsp3) is 0.200. The van der Waals surface area contributed by atoms with Crippen LogP contribution in [0.2, 0.25) is 0 Å². The second-order valence-corrected chi connectivity index (χ2v) is 7.21. The molecule has 1 aliphatic rings. The molecule has 2 N–H and O–H groups in total. The summed E-state index contributed by atoms with van der Waals surface area (Å²) in [6.07, 6.45) is 2.05. The van der Waals surface area contributed by atoms with Crippen molar-refractivity contribution in [3.05, 3.63) is 60.3 Å². The van der Waals surface area contributed by atoms with Gasteiger partial charge in [0, 0.05) is 30.6 Å². The summed E-state index contributed by atoms with van der Waals surface area (Å²) in [4.78, 5) is 17.0. The SMILES string of the molecule is COc1ccc(CNC(=O)Nc2ccccc2-c2cn3c(n2)SCC3)cc1. The molecule has 0 bridgehead atoms. The molecule has 7 heteroatoms. The molecule has 1 aromatic heterocycles. The number of rotatable bonds is 5. The van der Waals surface area contributed by atoms with Crippen molar-refractivity contribution in [1.82, 2.24) is 14.9 Å². The number of urea groups is 1. The van der Waals surface area contributed by atoms with Crippen LogP contribution in [0, 0.1) is 0 Å². The highest BCUT2D eigenvalue weighted by molar-refractivity contribution is 7.99. The summed E-state index contributed by atoms with van der Waals surface area (Å²) >= 11 is 1.75. The van der Waals surface area contributed by atoms with Crippen LogP contribution in [-0.4, -0.2) is 28.4 Å². The van der Waals surface area contributed by atoms with Gasteiger partial charge in [-0.25, -0.2) is 9.78 Å². The minimum absolute atomic E-state index is 0.251. The monoisotopic (exact) mass is 380 g/mol. The molecule has 0 atom stereocenters. The van der Waals surface area contributed by atoms with Gasteiger partial charge in [-0.1, -0.05) is 42.1 Å². The number of methoxy groups -OCH3 is 1. The van der Waals surface area contributed by atoms with E-state index in [1.807, 2.05) is 54.7 Å². The molecule has 0 spiro atoms. The third-order valence-electron chi connectivity index (χ3n) is 4.37. The summed E-state index contributed by atoms with van der Waals surface area (Å²) < 4.78 is 7.30. The molecular weight excluding hydrogens is 360 g/mol. The van der Waals surface area contributed by atoms with Gasteiger partial charge in [0.05, 0.1) is 18.5 Å². The average Bonchev–Trinajstić information content (AvgIpc) is 3.29. The quantitative estimate of drug-likeness (QED) is 0.702. The number of amides is 2. The first-order valence-corrected chi connectivity index (χ1v) is 9.68. The van der Waals surface area contributed by atoms with Crippen molar-refractivity contribution >= 4 is 23.5 Å². The maximum absolute atomic E-state index is 12.4. The smallest absolute Gasteiger partial charge is 0.319 e. The molecule has 2 aromatic carbocycles. The van der Waals surface area contributed by atoms with Crippen molar-refractivity contribution in [3.8, 4) is 17.0 Å². The minimum Gasteiger partial charge on any atom is -0.497 e. The van der Waals surface area contributed by atoms with Crippen LogP contribution in [0.1, 0.15) is 5.56 Å². The Morgan fingerprint density at radius 1 is 1.22 bits per heavy atom. The highest BCUT2D eigenvalue weighted by Gasteiger charge is 2.17. The van der Waals surface area contributed by atoms with Gasteiger partial charge in [-0.05, 0) is 23.8 Å². The Kier molecular flexibility index (Phi) is 5.02. The number of nitrogens with one attached hydrogen (secondary N) is 2. The van der Waals surface area contributed by atoms with Gasteiger partial charge in [-0.3, -0.25) is 0 Å². The van der Waals surface area contributed by atoms with Crippen LogP contribution in [0.4, 0.5) is 10.5 Å². The summed E-state index contributed by atoms with van der Waals surface area (Å²) in [5, 5.41) is 6.85. The zero-order valence-corrected chi connectivity index (χ0v) is 15.8. The number of carbonyl (C=O) groups is 1. The Bertz CT molecular complexity index is 931. The summed E-state index contributed by atoms with van der Waals surface area (Å²) in [5.74, 6) is 1.86. The average molecular weight is 380 g/mol. The molecule has 2 heterocycles. The van der Waals surface area contributed by atoms with E-state index < -0.39 is 0 Å². The first-order chi connectivity index (χ1) is 13.2. The van der Waals surface area contributed by atoms with Crippen LogP contribution in [-0.2, 0) is 13.1 Å². The molecule has 3 aromatic rings. The number of benzene rings is 2. The van der Waals surface area contributed by atoms with E-state index in [2.05, 4.69) is 20.2 Å². The number of carbonyl (C=O) groups excluding carboxylic acids is 1. The van der Waals surface area contributed by atoms with Crippen LogP contribution in [0.3, 0.4) is 0 Å². The fourth-order valence-electron chi connectivity index (χ4n) is 2.95. The van der Waals surface area contributed by atoms with Crippen molar-refractivity contribution in [2.45, 2.75) is 18.2 Å². The first-order valence-electron chi connectivity index (χ1n) is 8.70. The Morgan fingerprint density at radius 3 is 2.81 bits per heavy atom. The van der Waals surface area contributed by atoms with Gasteiger partial charge in [0.25, 0.3) is 0 Å². The molecule has 1 aliphatic heterocycles. The molecule has 27 heavy (non-hydrogen) atoms. The number of aromatic nitrogens is 2. The van der Waals surface area contributed by atoms with E-state index in [9.17, 15) is 4.79 Å². The lowest BCUT2D eigenvalue weighted by atomic mass is 10.1. The topological polar surface area (TPSA) is 68.2 Å². The van der Waals surface area contributed by atoms with E-state index in [1.54, 1.807) is 18.9 Å². The fourth-order valence-corrected chi connectivity index (χ4v) is 3.89. The second-order valence-electron chi connectivity index (χ2n) is 6.15. The van der Waals surface area contributed by atoms with Crippen LogP contribution in [0.15, 0.2) is 59.9 Å². The molecule has 0 saturated heterocycles. The van der Waals surface area contributed by atoms with E-state index in [0.29, 0.717) is 6.54 Å². The van der Waals surface area contributed by atoms with E-state index >= 15 is 0 Å². The van der Waals surface area contributed by atoms with Crippen molar-refractivity contribution in [2.24, 2.45) is 0 Å². The number of nitrogens with zero attached hydrogens (tertiary/aromatic N) is 2. The van der Waals surface area contributed by atoms with Gasteiger partial charge in [0.1, 0.15) is 5.75 Å². The number of hydrogen-bond acceptors (Lipinski definition) is 4. The third kappa shape index (κ3) is 3.93. The molecule has 4 rings (SSSR count). The zero-order valence-electron chi connectivity index (χ0n) is 14.9. The number of para-hydroxylation sites is 1. The lowest BCUT2D eigenvalue weighted by molar-refractivity contribution is 0.252. The molecular formula is C20H20N4O2S. The molecule has 0 unspecified atom stereocenters. The maximum atomic E-state index is 12.4. The highest BCUT2D eigenvalue weighted by Crippen LogP contribution is 2.32. The number of anilines is 1. The van der Waals surface area contributed by atoms with Gasteiger partial charge < -0.3 is 19.9 Å². The Balaban J connectivity index is 1.43. The maximum Gasteiger partial charge on any atom is 0.319 e. The van der Waals surface area contributed by atoms with Gasteiger partial charge in [0.2, 0.25) is 0 Å². The highest BCUT2D eigenvalue weighted by atomic mass is 32.2. The molecule has 0 radical (unpaired) electrons. The number of fused-ring (bicyclic) bond motifs is 1. The van der Waals surface area contributed by atoms with E-state index in [-0.39, 0.29) is 6.03 Å². The van der Waals surface area contributed by atoms with E-state index in [4.69, 9.17) is 4.74 Å². The van der Waals surface area contributed by atoms with Gasteiger partial charge in [-0.15, -0.1) is 0 Å². The summed E-state index contributed by atoms with van der Waals surface area (Å²) in [5.41, 5.74) is 3.54. The number of aryl methyl sites for hydroxylation is 1. The predicted molar refractivity (Wildman–Crippen MR) is 107 cm³/mol. The lowest BCUT2D eigenvalue weighted by Crippen LogP contribution is -2.28. The Morgan fingerprint density at radius 2 is 2.04 bits per heavy atom. The molecule has 0 aliphatic carbocycles. The second kappa shape index (κ2) is 7.75. The zero-order chi connectivity index (χ0) is 18.6. The van der Waals surface area contributed by atoms with Crippen molar-refractivity contribution in [3.63, 3.8) is 0 Å². The van der Waals surface area contributed by atoms with Crippen molar-refractivity contribution in [2.75, 3.05) is 18.2 Å². The lowest BCUT2D eigenvalue weighted by Gasteiger charge is -2.11. The van der Waals surface area contributed by atoms with Gasteiger partial charge in [0.15, 0.2) is 5.16 Å². The van der Waals surface area contributed by atoms with Crippen molar-refractivity contribution in [1.29, 1.82) is 0 Å². The van der Waals surface area contributed by atoms with Crippen molar-refractivity contribution < 1.29 is 9.53 Å². The van der Waals surface area contributed by atoms with Gasteiger partial charge in [-0.2, -0.15) is 0 Å². The molecule has 138 valence electrons. The molecule has 6 nitrogen and oxygen atoms in total. The summed E-state index contributed by atoms with van der Waals surface area (Å²) in [7, 11) is 1.63. The predicted octanol–water partition coefficient (Wildman–Crippen LogP) is 3.99. The number of ether oxygens (including phenoxy) is 1. The standard InChI is InChI=1S/C20H20N4O2S/c1-26-15-8-6-14(7-9-15)12-21-19(25)22-17-5-3-2-4-16(17)18-13-24-10-11-27-20(24)23-18/h2-9,13H,10-12H2,1H3,(H2,21,22,25). The number of hydrogen-bond donors (Lipinski definition) is 2. The Labute approximate surface area is 162 Å². The van der Waals surface area contributed by atoms with E-state index in [1.165, 1.54) is 0 Å². The third-order valence-corrected chi connectivity index (χ3v) is 5.34. The first kappa shape index (κ1) is 17.5. The summed E-state index contributed by atoms with van der Waals surface area (Å²) in [6.45, 7) is 1.42. The number of thioether (sulfide) groups is 1. The largest absolute Gasteiger partial charge is 0.497 e. The van der Waals surface area contributed by atoms with E-state index in [0.717, 1.165) is 45.7 Å². The molecule has 2 amide bonds. The Hall–Kier alpha value is -2.93. The van der Waals surface area contributed by atoms with Crippen LogP contribution in [0.5, 0.6) is 5.75 Å². The van der Waals surface area contributed by atoms with Crippen LogP contribution in [0.25, 0.3) is 11.3 Å².